The zero-order valence-electron chi connectivity index (χ0n) is 10.6. The molecule has 2 aromatic rings. The molecule has 1 unspecified atom stereocenters. The third-order valence-electron chi connectivity index (χ3n) is 2.82. The van der Waals surface area contributed by atoms with Gasteiger partial charge in [-0.3, -0.25) is 5.32 Å². The number of benzene rings is 1. The fraction of sp³-hybridized carbons (Fsp3) is 0.214. The second-order valence-corrected chi connectivity index (χ2v) is 5.29. The predicted molar refractivity (Wildman–Crippen MR) is 70.9 cm³/mol. The third-order valence-corrected chi connectivity index (χ3v) is 3.70. The summed E-state index contributed by atoms with van der Waals surface area (Å²) in [5.41, 5.74) is -1.28. The van der Waals surface area contributed by atoms with Gasteiger partial charge in [-0.15, -0.1) is 11.3 Å². The van der Waals surface area contributed by atoms with E-state index in [1.807, 2.05) is 23.6 Å². The van der Waals surface area contributed by atoms with Gasteiger partial charge in [-0.1, -0.05) is 12.1 Å². The molecule has 21 heavy (non-hydrogen) atoms. The molecule has 7 heteroatoms. The number of halogens is 4. The first-order valence-electron chi connectivity index (χ1n) is 5.94. The summed E-state index contributed by atoms with van der Waals surface area (Å²) in [5.74, 6) is -1.35. The van der Waals surface area contributed by atoms with Crippen molar-refractivity contribution in [2.45, 2.75) is 18.8 Å². The van der Waals surface area contributed by atoms with Crippen LogP contribution in [0.5, 0.6) is 0 Å². The van der Waals surface area contributed by atoms with E-state index in [1.165, 1.54) is 17.4 Å². The van der Waals surface area contributed by atoms with E-state index in [0.29, 0.717) is 12.6 Å². The maximum absolute atomic E-state index is 13.2. The Balaban J connectivity index is 2.20. The maximum Gasteiger partial charge on any atom is 0.419 e. The summed E-state index contributed by atoms with van der Waals surface area (Å²) < 4.78 is 51.2. The highest BCUT2D eigenvalue weighted by atomic mass is 32.1. The summed E-state index contributed by atoms with van der Waals surface area (Å²) in [7, 11) is 0. The molecule has 1 aromatic heterocycles. The van der Waals surface area contributed by atoms with Gasteiger partial charge in [0.2, 0.25) is 0 Å². The Morgan fingerprint density at radius 1 is 1.29 bits per heavy atom. The monoisotopic (exact) mass is 314 g/mol. The van der Waals surface area contributed by atoms with Gasteiger partial charge < -0.3 is 0 Å². The number of nitrogens with one attached hydrogen (secondary N) is 1. The first-order valence-corrected chi connectivity index (χ1v) is 6.82. The minimum Gasteiger partial charge on any atom is -0.293 e. The van der Waals surface area contributed by atoms with Crippen molar-refractivity contribution in [2.75, 3.05) is 0 Å². The first kappa shape index (κ1) is 15.5. The molecule has 1 N–H and O–H groups in total. The minimum absolute atomic E-state index is 0.0859. The molecule has 0 radical (unpaired) electrons. The summed E-state index contributed by atoms with van der Waals surface area (Å²) in [6, 6.07) is 7.21. The van der Waals surface area contributed by atoms with E-state index in [2.05, 4.69) is 5.32 Å². The predicted octanol–water partition coefficient (Wildman–Crippen LogP) is 4.26. The molecule has 0 saturated carbocycles. The Morgan fingerprint density at radius 3 is 2.62 bits per heavy atom. The van der Waals surface area contributed by atoms with Crippen molar-refractivity contribution in [1.29, 1.82) is 5.26 Å². The normalized spacial score (nSPS) is 12.9. The van der Waals surface area contributed by atoms with Gasteiger partial charge in [0.25, 0.3) is 0 Å². The van der Waals surface area contributed by atoms with Gasteiger partial charge in [0.05, 0.1) is 11.6 Å². The van der Waals surface area contributed by atoms with Crippen molar-refractivity contribution in [3.05, 3.63) is 57.5 Å². The van der Waals surface area contributed by atoms with Crippen LogP contribution >= 0.6 is 11.3 Å². The number of nitriles is 1. The summed E-state index contributed by atoms with van der Waals surface area (Å²) in [6.07, 6.45) is -4.78. The molecule has 2 nitrogen and oxygen atoms in total. The molecular weight excluding hydrogens is 304 g/mol. The number of hydrogen-bond acceptors (Lipinski definition) is 3. The number of hydrogen-bond donors (Lipinski definition) is 1. The molecular formula is C14H10F4N2S. The number of alkyl halides is 3. The van der Waals surface area contributed by atoms with E-state index in [-0.39, 0.29) is 5.56 Å². The van der Waals surface area contributed by atoms with Crippen LogP contribution in [-0.4, -0.2) is 0 Å². The van der Waals surface area contributed by atoms with Crippen molar-refractivity contribution < 1.29 is 17.6 Å². The van der Waals surface area contributed by atoms with Crippen molar-refractivity contribution in [3.63, 3.8) is 0 Å². The Bertz CT molecular complexity index is 644. The largest absolute Gasteiger partial charge is 0.419 e. The van der Waals surface area contributed by atoms with Crippen LogP contribution in [0.3, 0.4) is 0 Å². The number of thiophene rings is 1. The highest BCUT2D eigenvalue weighted by Gasteiger charge is 2.34. The average Bonchev–Trinajstić information content (AvgIpc) is 2.93. The molecule has 1 aromatic carbocycles. The molecule has 0 saturated heterocycles. The van der Waals surface area contributed by atoms with Crippen LogP contribution in [0.4, 0.5) is 17.6 Å². The topological polar surface area (TPSA) is 35.8 Å². The molecule has 0 amide bonds. The zero-order chi connectivity index (χ0) is 15.5. The van der Waals surface area contributed by atoms with Crippen molar-refractivity contribution >= 4 is 11.3 Å². The smallest absolute Gasteiger partial charge is 0.293 e. The molecule has 0 aliphatic carbocycles. The highest BCUT2D eigenvalue weighted by Crippen LogP contribution is 2.33. The van der Waals surface area contributed by atoms with E-state index < -0.39 is 23.6 Å². The lowest BCUT2D eigenvalue weighted by molar-refractivity contribution is -0.140. The van der Waals surface area contributed by atoms with Crippen LogP contribution in [0.2, 0.25) is 0 Å². The lowest BCUT2D eigenvalue weighted by atomic mass is 10.0. The van der Waals surface area contributed by atoms with Crippen molar-refractivity contribution in [3.8, 4) is 6.07 Å². The molecule has 0 bridgehead atoms. The quantitative estimate of drug-likeness (QED) is 0.856. The van der Waals surface area contributed by atoms with Crippen LogP contribution in [0.1, 0.15) is 22.0 Å². The molecule has 0 aliphatic heterocycles. The Labute approximate surface area is 122 Å². The van der Waals surface area contributed by atoms with Gasteiger partial charge in [0, 0.05) is 11.4 Å². The standard InChI is InChI=1S/C14H10F4N2S/c15-12-4-3-9(6-11(12)14(16,17)18)13(7-19)20-8-10-2-1-5-21-10/h1-6,13,20H,8H2. The summed E-state index contributed by atoms with van der Waals surface area (Å²) in [5, 5.41) is 13.8. The van der Waals surface area contributed by atoms with E-state index >= 15 is 0 Å². The van der Waals surface area contributed by atoms with E-state index in [0.717, 1.165) is 10.9 Å². The summed E-state index contributed by atoms with van der Waals surface area (Å²) >= 11 is 1.47. The summed E-state index contributed by atoms with van der Waals surface area (Å²) in [6.45, 7) is 0.356. The molecule has 110 valence electrons. The third kappa shape index (κ3) is 3.80. The Kier molecular flexibility index (Phi) is 4.60. The fourth-order valence-corrected chi connectivity index (χ4v) is 2.45. The van der Waals surface area contributed by atoms with E-state index in [1.54, 1.807) is 0 Å². The molecule has 0 spiro atoms. The Morgan fingerprint density at radius 2 is 2.05 bits per heavy atom. The highest BCUT2D eigenvalue weighted by molar-refractivity contribution is 7.09. The molecule has 1 heterocycles. The second kappa shape index (κ2) is 6.24. The maximum atomic E-state index is 13.2. The molecule has 1 atom stereocenters. The lowest BCUT2D eigenvalue weighted by Gasteiger charge is -2.14. The van der Waals surface area contributed by atoms with E-state index in [4.69, 9.17) is 5.26 Å². The lowest BCUT2D eigenvalue weighted by Crippen LogP contribution is -2.20. The zero-order valence-corrected chi connectivity index (χ0v) is 11.4. The van der Waals surface area contributed by atoms with E-state index in [9.17, 15) is 17.6 Å². The number of nitrogens with zero attached hydrogens (tertiary/aromatic N) is 1. The fourth-order valence-electron chi connectivity index (χ4n) is 1.79. The van der Waals surface area contributed by atoms with Gasteiger partial charge in [0.15, 0.2) is 0 Å². The van der Waals surface area contributed by atoms with Gasteiger partial charge in [-0.2, -0.15) is 18.4 Å². The van der Waals surface area contributed by atoms with Gasteiger partial charge in [-0.25, -0.2) is 4.39 Å². The first-order chi connectivity index (χ1) is 9.91. The van der Waals surface area contributed by atoms with Crippen LogP contribution < -0.4 is 5.32 Å². The van der Waals surface area contributed by atoms with Crippen LogP contribution in [0.15, 0.2) is 35.7 Å². The SMILES string of the molecule is N#CC(NCc1cccs1)c1ccc(F)c(C(F)(F)F)c1. The van der Waals surface area contributed by atoms with Crippen molar-refractivity contribution in [1.82, 2.24) is 5.32 Å². The Hall–Kier alpha value is -1.91. The van der Waals surface area contributed by atoms with Crippen LogP contribution in [0, 0.1) is 17.1 Å². The number of rotatable bonds is 4. The average molecular weight is 314 g/mol. The van der Waals surface area contributed by atoms with Gasteiger partial charge in [0.1, 0.15) is 11.9 Å². The molecule has 0 aliphatic rings. The second-order valence-electron chi connectivity index (χ2n) is 4.26. The summed E-state index contributed by atoms with van der Waals surface area (Å²) in [4.78, 5) is 0.952. The molecule has 2 rings (SSSR count). The minimum atomic E-state index is -4.78. The molecule has 0 fully saturated rings. The van der Waals surface area contributed by atoms with Crippen LogP contribution in [-0.2, 0) is 12.7 Å². The van der Waals surface area contributed by atoms with Crippen molar-refractivity contribution in [2.24, 2.45) is 0 Å². The van der Waals surface area contributed by atoms with Gasteiger partial charge in [-0.05, 0) is 29.1 Å². The van der Waals surface area contributed by atoms with Crippen LogP contribution in [0.25, 0.3) is 0 Å². The van der Waals surface area contributed by atoms with Gasteiger partial charge >= 0.3 is 6.18 Å².